The molecule has 0 spiro atoms. The maximum atomic E-state index is 14.8. The number of aliphatic hydroxyl groups excluding tert-OH is 2. The molecule has 4 aromatic rings. The summed E-state index contributed by atoms with van der Waals surface area (Å²) < 4.78 is -1.42. The Hall–Kier alpha value is -6.70. The molecular formula is C50H67N11O11S2. The zero-order chi connectivity index (χ0) is 54.3. The second-order valence-electron chi connectivity index (χ2n) is 18.7. The summed E-state index contributed by atoms with van der Waals surface area (Å²) in [4.78, 5) is 116. The number of nitrogens with two attached hydrogens (primary N) is 3. The van der Waals surface area contributed by atoms with E-state index < -0.39 is 113 Å². The van der Waals surface area contributed by atoms with E-state index in [1.807, 2.05) is 18.2 Å². The number of hydrogen-bond donors (Lipinski definition) is 14. The number of rotatable bonds is 16. The van der Waals surface area contributed by atoms with Crippen LogP contribution in [-0.4, -0.2) is 145 Å². The van der Waals surface area contributed by atoms with Crippen LogP contribution in [0.2, 0.25) is 0 Å². The van der Waals surface area contributed by atoms with Gasteiger partial charge in [0.2, 0.25) is 47.3 Å². The number of amides is 8. The predicted octanol–water partition coefficient (Wildman–Crippen LogP) is -1.22. The molecule has 0 aliphatic carbocycles. The number of H-pyrrole nitrogens is 1. The van der Waals surface area contributed by atoms with Crippen molar-refractivity contribution in [2.45, 2.75) is 125 Å². The minimum Gasteiger partial charge on any atom is -0.508 e. The highest BCUT2D eigenvalue weighted by Crippen LogP contribution is 2.39. The van der Waals surface area contributed by atoms with E-state index in [0.29, 0.717) is 11.1 Å². The third kappa shape index (κ3) is 16.4. The van der Waals surface area contributed by atoms with Crippen molar-refractivity contribution in [2.24, 2.45) is 17.2 Å². The van der Waals surface area contributed by atoms with E-state index in [1.165, 1.54) is 52.0 Å². The van der Waals surface area contributed by atoms with Crippen LogP contribution < -0.4 is 54.4 Å². The Bertz CT molecular complexity index is 2600. The van der Waals surface area contributed by atoms with Gasteiger partial charge < -0.3 is 74.7 Å². The van der Waals surface area contributed by atoms with Gasteiger partial charge in [0, 0.05) is 40.4 Å². The van der Waals surface area contributed by atoms with Crippen molar-refractivity contribution in [2.75, 3.05) is 12.3 Å². The van der Waals surface area contributed by atoms with Gasteiger partial charge in [-0.2, -0.15) is 0 Å². The van der Waals surface area contributed by atoms with Gasteiger partial charge in [-0.05, 0) is 88.4 Å². The largest absolute Gasteiger partial charge is 0.508 e. The second-order valence-corrected chi connectivity index (χ2v) is 21.7. The zero-order valence-corrected chi connectivity index (χ0v) is 43.1. The first kappa shape index (κ1) is 58.2. The quantitative estimate of drug-likeness (QED) is 0.0585. The van der Waals surface area contributed by atoms with Crippen LogP contribution in [0, 0.1) is 0 Å². The molecule has 1 aliphatic heterocycles. The van der Waals surface area contributed by atoms with Gasteiger partial charge in [0.25, 0.3) is 0 Å². The number of benzene rings is 3. The number of para-hydroxylation sites is 1. The van der Waals surface area contributed by atoms with Crippen LogP contribution in [0.5, 0.6) is 5.75 Å². The topological polar surface area (TPSA) is 375 Å². The fourth-order valence-corrected chi connectivity index (χ4v) is 10.9. The molecule has 1 aromatic heterocycles. The molecule has 10 atom stereocenters. The van der Waals surface area contributed by atoms with Crippen molar-refractivity contribution in [3.63, 3.8) is 0 Å². The van der Waals surface area contributed by atoms with Crippen LogP contribution in [0.4, 0.5) is 0 Å². The van der Waals surface area contributed by atoms with E-state index in [9.17, 15) is 53.7 Å². The highest BCUT2D eigenvalue weighted by molar-refractivity contribution is 8.77. The van der Waals surface area contributed by atoms with Crippen molar-refractivity contribution in [3.05, 3.63) is 102 Å². The van der Waals surface area contributed by atoms with Gasteiger partial charge in [-0.1, -0.05) is 82.3 Å². The van der Waals surface area contributed by atoms with Crippen LogP contribution >= 0.6 is 21.6 Å². The Labute approximate surface area is 436 Å². The number of carbonyl (C=O) groups excluding carboxylic acids is 8. The lowest BCUT2D eigenvalue weighted by Gasteiger charge is -2.36. The Morgan fingerprint density at radius 3 is 2.01 bits per heavy atom. The Morgan fingerprint density at radius 2 is 1.38 bits per heavy atom. The smallest absolute Gasteiger partial charge is 0.245 e. The molecule has 22 nitrogen and oxygen atoms in total. The number of aromatic hydroxyl groups is 1. The van der Waals surface area contributed by atoms with Crippen molar-refractivity contribution in [1.29, 1.82) is 0 Å². The van der Waals surface area contributed by atoms with E-state index in [4.69, 9.17) is 17.2 Å². The van der Waals surface area contributed by atoms with E-state index in [0.717, 1.165) is 38.1 Å². The van der Waals surface area contributed by atoms with Gasteiger partial charge in [-0.25, -0.2) is 0 Å². The molecule has 0 saturated carbocycles. The highest BCUT2D eigenvalue weighted by atomic mass is 33.1. The Morgan fingerprint density at radius 1 is 0.770 bits per heavy atom. The van der Waals surface area contributed by atoms with Crippen molar-refractivity contribution in [1.82, 2.24) is 42.2 Å². The lowest BCUT2D eigenvalue weighted by atomic mass is 9.99. The number of aromatic amines is 1. The van der Waals surface area contributed by atoms with Gasteiger partial charge in [0.1, 0.15) is 48.0 Å². The number of nitrogens with one attached hydrogen (secondary N) is 8. The van der Waals surface area contributed by atoms with E-state index in [2.05, 4.69) is 42.2 Å². The molecule has 24 heteroatoms. The first-order valence-corrected chi connectivity index (χ1v) is 26.3. The van der Waals surface area contributed by atoms with Gasteiger partial charge in [0.05, 0.1) is 18.2 Å². The van der Waals surface area contributed by atoms with Crippen LogP contribution in [0.25, 0.3) is 10.9 Å². The van der Waals surface area contributed by atoms with Crippen LogP contribution in [0.1, 0.15) is 57.2 Å². The summed E-state index contributed by atoms with van der Waals surface area (Å²) in [7, 11) is 1.94. The minimum atomic E-state index is -1.76. The van der Waals surface area contributed by atoms with Crippen molar-refractivity contribution < 1.29 is 53.7 Å². The summed E-state index contributed by atoms with van der Waals surface area (Å²) in [5.74, 6) is -7.70. The van der Waals surface area contributed by atoms with Crippen LogP contribution in [0.15, 0.2) is 85.1 Å². The average Bonchev–Trinajstić information content (AvgIpc) is 3.76. The molecule has 3 aromatic carbocycles. The first-order chi connectivity index (χ1) is 35.1. The molecule has 1 saturated heterocycles. The molecule has 1 fully saturated rings. The lowest BCUT2D eigenvalue weighted by molar-refractivity contribution is -0.137. The molecule has 1 aliphatic rings. The molecule has 0 radical (unpaired) electrons. The number of phenolic OH excluding ortho intramolecular Hbond substituents is 1. The number of primary amides is 1. The van der Waals surface area contributed by atoms with Crippen LogP contribution in [0.3, 0.4) is 0 Å². The summed E-state index contributed by atoms with van der Waals surface area (Å²) in [6.45, 7) is 5.57. The highest BCUT2D eigenvalue weighted by Gasteiger charge is 2.43. The third-order valence-electron chi connectivity index (χ3n) is 12.2. The fraction of sp³-hybridized carbons (Fsp3) is 0.440. The lowest BCUT2D eigenvalue weighted by Crippen LogP contribution is -2.65. The standard InChI is InChI=1S/C50H67N11O11S2/c1-26(62)39(42(53)65)59-49(72)41-50(3,4)74-73-25-38(58-43(66)33(52)21-28-11-6-5-7-12-28)47(70)56-36(22-29-16-18-31(64)19-17-29)45(68)57-37(23-30-24-54-34-14-9-8-13-32(30)34)46(69)55-35(15-10-20-51)44(67)60-40(27(2)63)48(71)61-41/h5-9,11-14,16-19,24,26-27,33,35-41,54,62-64H,10,15,20-23,25,51-52H2,1-4H3,(H2,53,65)(H,55,69)(H,56,70)(H,57,68)(H,58,66)(H,59,72)(H,60,67)(H,61,71)/t26-,27-,33-,35?,36+,37?,38?,39+,40+,41-/m1/s1. The molecule has 17 N–H and O–H groups in total. The third-order valence-corrected chi connectivity index (χ3v) is 15.5. The number of fused-ring (bicyclic) bond motifs is 1. The van der Waals surface area contributed by atoms with Gasteiger partial charge in [-0.15, -0.1) is 0 Å². The molecule has 74 heavy (non-hydrogen) atoms. The summed E-state index contributed by atoms with van der Waals surface area (Å²) in [5, 5.41) is 50.5. The Balaban J connectivity index is 1.62. The zero-order valence-electron chi connectivity index (χ0n) is 41.5. The van der Waals surface area contributed by atoms with Crippen molar-refractivity contribution in [3.8, 4) is 5.75 Å². The minimum absolute atomic E-state index is 0.0658. The molecular weight excluding hydrogens is 995 g/mol. The number of carbonyl (C=O) groups is 8. The molecule has 0 bridgehead atoms. The SMILES string of the molecule is C[C@@H](O)[C@H](NC(=O)[C@H]1NC(=O)[C@H]([C@@H](C)O)NC(=O)C(CCCN)NC(=O)C(Cc2c[nH]c3ccccc23)NC(=O)[C@H](Cc2ccc(O)cc2)NC(=O)C(NC(=O)[C@H](N)Cc2ccccc2)CSSC1(C)C)C(N)=O. The number of aromatic nitrogens is 1. The molecule has 2 heterocycles. The average molecular weight is 1060 g/mol. The normalized spacial score (nSPS) is 23.1. The van der Waals surface area contributed by atoms with E-state index >= 15 is 0 Å². The molecule has 3 unspecified atom stereocenters. The van der Waals surface area contributed by atoms with Gasteiger partial charge in [0.15, 0.2) is 0 Å². The summed E-state index contributed by atoms with van der Waals surface area (Å²) in [5.41, 5.74) is 20.3. The number of aliphatic hydroxyl groups is 2. The summed E-state index contributed by atoms with van der Waals surface area (Å²) >= 11 is 0. The van der Waals surface area contributed by atoms with Crippen LogP contribution in [-0.2, 0) is 57.6 Å². The Kier molecular flexibility index (Phi) is 21.2. The van der Waals surface area contributed by atoms with E-state index in [-0.39, 0.29) is 50.2 Å². The first-order valence-electron chi connectivity index (χ1n) is 24.0. The maximum absolute atomic E-state index is 14.8. The maximum Gasteiger partial charge on any atom is 0.245 e. The predicted molar refractivity (Wildman–Crippen MR) is 280 cm³/mol. The number of hydrogen-bond acceptors (Lipinski definition) is 15. The number of phenols is 1. The van der Waals surface area contributed by atoms with Gasteiger partial charge >= 0.3 is 0 Å². The molecule has 8 amide bonds. The van der Waals surface area contributed by atoms with Gasteiger partial charge in [-0.3, -0.25) is 38.4 Å². The van der Waals surface area contributed by atoms with Crippen molar-refractivity contribution >= 4 is 79.7 Å². The molecule has 5 rings (SSSR count). The monoisotopic (exact) mass is 1060 g/mol. The molecule has 400 valence electrons. The fourth-order valence-electron chi connectivity index (χ4n) is 8.05. The van der Waals surface area contributed by atoms with E-state index in [1.54, 1.807) is 42.6 Å². The summed E-state index contributed by atoms with van der Waals surface area (Å²) in [6.07, 6.45) is -1.53. The summed E-state index contributed by atoms with van der Waals surface area (Å²) in [6, 6.07) is 10.1. The second kappa shape index (κ2) is 27.0.